The van der Waals surface area contributed by atoms with Gasteiger partial charge in [0.1, 0.15) is 0 Å². The third-order valence-corrected chi connectivity index (χ3v) is 2.42. The summed E-state index contributed by atoms with van der Waals surface area (Å²) >= 11 is 0. The highest BCUT2D eigenvalue weighted by Crippen LogP contribution is 2.01. The fraction of sp³-hybridized carbons (Fsp3) is 0.250. The molecule has 6 nitrogen and oxygen atoms in total. The van der Waals surface area contributed by atoms with Gasteiger partial charge < -0.3 is 11.1 Å². The molecule has 0 aromatic carbocycles. The zero-order valence-corrected chi connectivity index (χ0v) is 9.91. The van der Waals surface area contributed by atoms with Gasteiger partial charge in [-0.1, -0.05) is 0 Å². The van der Waals surface area contributed by atoms with Crippen LogP contribution in [0.25, 0.3) is 0 Å². The molecule has 18 heavy (non-hydrogen) atoms. The summed E-state index contributed by atoms with van der Waals surface area (Å²) in [7, 11) is 0. The SMILES string of the molecule is NCCNc1cnn(Cc2ccncc2)c(=O)c1. The lowest BCUT2D eigenvalue weighted by molar-refractivity contribution is 0.639. The molecule has 6 heteroatoms. The highest BCUT2D eigenvalue weighted by atomic mass is 16.1. The Morgan fingerprint density at radius 3 is 2.78 bits per heavy atom. The zero-order valence-electron chi connectivity index (χ0n) is 9.91. The molecule has 0 saturated heterocycles. The standard InChI is InChI=1S/C12H15N5O/c13-3-6-15-11-7-12(18)17(16-8-11)9-10-1-4-14-5-2-10/h1-2,4-5,7-8,15H,3,6,9,13H2. The van der Waals surface area contributed by atoms with E-state index in [1.165, 1.54) is 10.7 Å². The normalized spacial score (nSPS) is 10.3. The Kier molecular flexibility index (Phi) is 4.03. The van der Waals surface area contributed by atoms with Gasteiger partial charge >= 0.3 is 0 Å². The number of rotatable bonds is 5. The van der Waals surface area contributed by atoms with E-state index in [1.807, 2.05) is 12.1 Å². The van der Waals surface area contributed by atoms with Gasteiger partial charge in [0.05, 0.1) is 18.4 Å². The summed E-state index contributed by atoms with van der Waals surface area (Å²) in [5.74, 6) is 0. The predicted molar refractivity (Wildman–Crippen MR) is 69.4 cm³/mol. The number of hydrogen-bond acceptors (Lipinski definition) is 5. The summed E-state index contributed by atoms with van der Waals surface area (Å²) in [4.78, 5) is 15.7. The van der Waals surface area contributed by atoms with Gasteiger partial charge in [0.25, 0.3) is 5.56 Å². The van der Waals surface area contributed by atoms with E-state index in [2.05, 4.69) is 15.4 Å². The molecule has 0 radical (unpaired) electrons. The van der Waals surface area contributed by atoms with Crippen LogP contribution < -0.4 is 16.6 Å². The first-order valence-corrected chi connectivity index (χ1v) is 5.69. The summed E-state index contributed by atoms with van der Waals surface area (Å²) in [5.41, 5.74) is 6.91. The summed E-state index contributed by atoms with van der Waals surface area (Å²) in [5, 5.41) is 7.12. The molecule has 0 amide bonds. The molecule has 94 valence electrons. The molecule has 0 fully saturated rings. The highest BCUT2D eigenvalue weighted by Gasteiger charge is 2.00. The number of anilines is 1. The molecule has 0 bridgehead atoms. The molecule has 0 unspecified atom stereocenters. The average molecular weight is 245 g/mol. The van der Waals surface area contributed by atoms with Crippen LogP contribution in [-0.4, -0.2) is 27.9 Å². The van der Waals surface area contributed by atoms with Crippen LogP contribution in [0.3, 0.4) is 0 Å². The Hall–Kier alpha value is -2.21. The maximum atomic E-state index is 11.8. The monoisotopic (exact) mass is 245 g/mol. The molecule has 0 aliphatic rings. The van der Waals surface area contributed by atoms with Crippen molar-refractivity contribution in [3.8, 4) is 0 Å². The van der Waals surface area contributed by atoms with Crippen molar-refractivity contribution in [2.75, 3.05) is 18.4 Å². The molecule has 0 atom stereocenters. The van der Waals surface area contributed by atoms with E-state index in [0.717, 1.165) is 5.56 Å². The first-order valence-electron chi connectivity index (χ1n) is 5.69. The van der Waals surface area contributed by atoms with Gasteiger partial charge in [-0.25, -0.2) is 4.68 Å². The largest absolute Gasteiger partial charge is 0.382 e. The maximum Gasteiger partial charge on any atom is 0.269 e. The molecule has 2 heterocycles. The third kappa shape index (κ3) is 3.14. The number of pyridine rings is 1. The van der Waals surface area contributed by atoms with Gasteiger partial charge in [-0.3, -0.25) is 9.78 Å². The first kappa shape index (κ1) is 12.3. The second-order valence-corrected chi connectivity index (χ2v) is 3.81. The molecule has 2 rings (SSSR count). The quantitative estimate of drug-likeness (QED) is 0.777. The fourth-order valence-electron chi connectivity index (χ4n) is 1.53. The van der Waals surface area contributed by atoms with E-state index < -0.39 is 0 Å². The van der Waals surface area contributed by atoms with Crippen molar-refractivity contribution in [2.45, 2.75) is 6.54 Å². The number of aromatic nitrogens is 3. The van der Waals surface area contributed by atoms with E-state index >= 15 is 0 Å². The predicted octanol–water partition coefficient (Wildman–Crippen LogP) is 0.0572. The van der Waals surface area contributed by atoms with Gasteiger partial charge in [0.2, 0.25) is 0 Å². The van der Waals surface area contributed by atoms with Gasteiger partial charge in [-0.05, 0) is 17.7 Å². The van der Waals surface area contributed by atoms with E-state index in [0.29, 0.717) is 25.3 Å². The minimum atomic E-state index is -0.145. The molecule has 0 aliphatic carbocycles. The van der Waals surface area contributed by atoms with E-state index in [-0.39, 0.29) is 5.56 Å². The molecule has 2 aromatic heterocycles. The van der Waals surface area contributed by atoms with Gasteiger partial charge in [0.15, 0.2) is 0 Å². The lowest BCUT2D eigenvalue weighted by Gasteiger charge is -2.07. The molecule has 0 saturated carbocycles. The number of nitrogens with one attached hydrogen (secondary N) is 1. The summed E-state index contributed by atoms with van der Waals surface area (Å²) < 4.78 is 1.41. The lowest BCUT2D eigenvalue weighted by atomic mass is 10.3. The molecular weight excluding hydrogens is 230 g/mol. The number of hydrogen-bond donors (Lipinski definition) is 2. The van der Waals surface area contributed by atoms with Gasteiger partial charge in [-0.2, -0.15) is 5.10 Å². The number of nitrogens with two attached hydrogens (primary N) is 1. The Balaban J connectivity index is 2.13. The van der Waals surface area contributed by atoms with Gasteiger partial charge in [-0.15, -0.1) is 0 Å². The Morgan fingerprint density at radius 2 is 2.11 bits per heavy atom. The van der Waals surface area contributed by atoms with Crippen LogP contribution in [0.4, 0.5) is 5.69 Å². The summed E-state index contributed by atoms with van der Waals surface area (Å²) in [6.07, 6.45) is 5.01. The van der Waals surface area contributed by atoms with Crippen molar-refractivity contribution >= 4 is 5.69 Å². The van der Waals surface area contributed by atoms with Crippen LogP contribution in [0.2, 0.25) is 0 Å². The zero-order chi connectivity index (χ0) is 12.8. The Labute approximate surface area is 104 Å². The first-order chi connectivity index (χ1) is 8.79. The van der Waals surface area contributed by atoms with Crippen LogP contribution in [0.5, 0.6) is 0 Å². The molecule has 0 spiro atoms. The maximum absolute atomic E-state index is 11.8. The van der Waals surface area contributed by atoms with E-state index in [9.17, 15) is 4.79 Å². The molecule has 0 aliphatic heterocycles. The van der Waals surface area contributed by atoms with E-state index in [4.69, 9.17) is 5.73 Å². The van der Waals surface area contributed by atoms with Crippen LogP contribution in [0.15, 0.2) is 41.6 Å². The smallest absolute Gasteiger partial charge is 0.269 e. The molecule has 2 aromatic rings. The van der Waals surface area contributed by atoms with Crippen molar-refractivity contribution in [3.63, 3.8) is 0 Å². The van der Waals surface area contributed by atoms with Crippen LogP contribution >= 0.6 is 0 Å². The van der Waals surface area contributed by atoms with Crippen LogP contribution in [0.1, 0.15) is 5.56 Å². The second kappa shape index (κ2) is 5.92. The minimum Gasteiger partial charge on any atom is -0.382 e. The lowest BCUT2D eigenvalue weighted by Crippen LogP contribution is -2.24. The Bertz CT molecular complexity index is 552. The summed E-state index contributed by atoms with van der Waals surface area (Å²) in [6, 6.07) is 5.23. The van der Waals surface area contributed by atoms with E-state index in [1.54, 1.807) is 18.6 Å². The van der Waals surface area contributed by atoms with Crippen molar-refractivity contribution < 1.29 is 0 Å². The van der Waals surface area contributed by atoms with Crippen LogP contribution in [-0.2, 0) is 6.54 Å². The highest BCUT2D eigenvalue weighted by molar-refractivity contribution is 5.38. The fourth-order valence-corrected chi connectivity index (χ4v) is 1.53. The molecular formula is C12H15N5O. The average Bonchev–Trinajstić information content (AvgIpc) is 2.40. The Morgan fingerprint density at radius 1 is 1.33 bits per heavy atom. The van der Waals surface area contributed by atoms with Crippen molar-refractivity contribution in [1.82, 2.24) is 14.8 Å². The van der Waals surface area contributed by atoms with Crippen molar-refractivity contribution in [3.05, 3.63) is 52.7 Å². The minimum absolute atomic E-state index is 0.145. The topological polar surface area (TPSA) is 85.8 Å². The van der Waals surface area contributed by atoms with Crippen molar-refractivity contribution in [2.24, 2.45) is 5.73 Å². The number of nitrogens with zero attached hydrogens (tertiary/aromatic N) is 3. The molecule has 3 N–H and O–H groups in total. The van der Waals surface area contributed by atoms with Crippen molar-refractivity contribution in [1.29, 1.82) is 0 Å². The summed E-state index contributed by atoms with van der Waals surface area (Å²) in [6.45, 7) is 1.58. The van der Waals surface area contributed by atoms with Gasteiger partial charge in [0, 0.05) is 31.5 Å². The van der Waals surface area contributed by atoms with Crippen LogP contribution in [0, 0.1) is 0 Å². The second-order valence-electron chi connectivity index (χ2n) is 3.81. The third-order valence-electron chi connectivity index (χ3n) is 2.42.